The smallest absolute Gasteiger partial charge is 0.213 e. The average Bonchev–Trinajstić information content (AvgIpc) is 2.38. The van der Waals surface area contributed by atoms with Crippen LogP contribution in [0.4, 0.5) is 0 Å². The monoisotopic (exact) mass is 291 g/mol. The highest BCUT2D eigenvalue weighted by Crippen LogP contribution is 2.13. The Morgan fingerprint density at radius 3 is 2.21 bits per heavy atom. The molecular weight excluding hydrogens is 262 g/mol. The molecule has 1 saturated heterocycles. The number of nitrogens with two attached hydrogens (primary N) is 1. The predicted octanol–water partition coefficient (Wildman–Crippen LogP) is 0.861. The van der Waals surface area contributed by atoms with E-state index in [0.29, 0.717) is 13.0 Å². The van der Waals surface area contributed by atoms with Crippen LogP contribution in [0.3, 0.4) is 0 Å². The molecule has 0 radical (unpaired) electrons. The van der Waals surface area contributed by atoms with Gasteiger partial charge >= 0.3 is 0 Å². The second-order valence-corrected chi connectivity index (χ2v) is 7.23. The molecule has 1 rings (SSSR count). The van der Waals surface area contributed by atoms with Crippen LogP contribution in [0.5, 0.6) is 0 Å². The van der Waals surface area contributed by atoms with Crippen molar-refractivity contribution in [3.8, 4) is 0 Å². The van der Waals surface area contributed by atoms with Crippen molar-refractivity contribution < 1.29 is 8.42 Å². The first-order chi connectivity index (χ1) is 8.97. The highest BCUT2D eigenvalue weighted by Gasteiger charge is 2.25. The van der Waals surface area contributed by atoms with Gasteiger partial charge in [0.05, 0.1) is 5.25 Å². The van der Waals surface area contributed by atoms with Gasteiger partial charge in [0.2, 0.25) is 10.0 Å². The number of rotatable bonds is 8. The van der Waals surface area contributed by atoms with Crippen molar-refractivity contribution >= 4 is 10.0 Å². The largest absolute Gasteiger partial charge is 0.304 e. The average molecular weight is 291 g/mol. The maximum absolute atomic E-state index is 11.7. The fraction of sp³-hybridized carbons (Fsp3) is 1.00. The van der Waals surface area contributed by atoms with Crippen molar-refractivity contribution in [2.45, 2.75) is 44.8 Å². The summed E-state index contributed by atoms with van der Waals surface area (Å²) in [6, 6.07) is 0. The normalized spacial score (nSPS) is 19.8. The molecule has 5 nitrogen and oxygen atoms in total. The lowest BCUT2D eigenvalue weighted by Gasteiger charge is -2.30. The SMILES string of the molecule is CCN(CC)CCC(CN1CCCCC1)S(N)(=O)=O. The van der Waals surface area contributed by atoms with Crippen LogP contribution in [0.15, 0.2) is 0 Å². The van der Waals surface area contributed by atoms with E-state index in [9.17, 15) is 8.42 Å². The molecule has 114 valence electrons. The van der Waals surface area contributed by atoms with Gasteiger partial charge in [0.25, 0.3) is 0 Å². The number of hydrogen-bond donors (Lipinski definition) is 1. The van der Waals surface area contributed by atoms with E-state index >= 15 is 0 Å². The number of hydrogen-bond acceptors (Lipinski definition) is 4. The maximum Gasteiger partial charge on any atom is 0.213 e. The third-order valence-corrected chi connectivity index (χ3v) is 5.35. The van der Waals surface area contributed by atoms with Crippen molar-refractivity contribution in [2.75, 3.05) is 39.3 Å². The number of likely N-dealkylation sites (tertiary alicyclic amines) is 1. The van der Waals surface area contributed by atoms with E-state index in [1.54, 1.807) is 0 Å². The number of piperidine rings is 1. The van der Waals surface area contributed by atoms with Crippen LogP contribution in [0.25, 0.3) is 0 Å². The van der Waals surface area contributed by atoms with Crippen molar-refractivity contribution in [2.24, 2.45) is 5.14 Å². The molecule has 0 aliphatic carbocycles. The van der Waals surface area contributed by atoms with Crippen molar-refractivity contribution in [1.82, 2.24) is 9.80 Å². The lowest BCUT2D eigenvalue weighted by atomic mass is 10.1. The summed E-state index contributed by atoms with van der Waals surface area (Å²) in [6.07, 6.45) is 4.24. The van der Waals surface area contributed by atoms with Gasteiger partial charge in [0, 0.05) is 6.54 Å². The minimum absolute atomic E-state index is 0.425. The van der Waals surface area contributed by atoms with Gasteiger partial charge in [0.1, 0.15) is 0 Å². The van der Waals surface area contributed by atoms with E-state index in [2.05, 4.69) is 23.6 Å². The first kappa shape index (κ1) is 16.9. The van der Waals surface area contributed by atoms with Crippen LogP contribution in [-0.4, -0.2) is 62.7 Å². The van der Waals surface area contributed by atoms with Gasteiger partial charge in [-0.15, -0.1) is 0 Å². The van der Waals surface area contributed by atoms with E-state index in [4.69, 9.17) is 5.14 Å². The molecule has 1 unspecified atom stereocenters. The highest BCUT2D eigenvalue weighted by molar-refractivity contribution is 7.89. The zero-order valence-electron chi connectivity index (χ0n) is 12.3. The van der Waals surface area contributed by atoms with Crippen molar-refractivity contribution in [3.05, 3.63) is 0 Å². The summed E-state index contributed by atoms with van der Waals surface area (Å²) in [7, 11) is -3.44. The van der Waals surface area contributed by atoms with Gasteiger partial charge in [-0.25, -0.2) is 13.6 Å². The second-order valence-electron chi connectivity index (χ2n) is 5.39. The Morgan fingerprint density at radius 2 is 1.74 bits per heavy atom. The molecule has 2 N–H and O–H groups in total. The van der Waals surface area contributed by atoms with Gasteiger partial charge in [-0.1, -0.05) is 20.3 Å². The zero-order chi connectivity index (χ0) is 14.3. The first-order valence-corrected chi connectivity index (χ1v) is 9.04. The van der Waals surface area contributed by atoms with Crippen LogP contribution in [-0.2, 0) is 10.0 Å². The minimum Gasteiger partial charge on any atom is -0.304 e. The number of nitrogens with zero attached hydrogens (tertiary/aromatic N) is 2. The third-order valence-electron chi connectivity index (χ3n) is 4.04. The van der Waals surface area contributed by atoms with Crippen LogP contribution < -0.4 is 5.14 Å². The highest BCUT2D eigenvalue weighted by atomic mass is 32.2. The number of sulfonamides is 1. The lowest BCUT2D eigenvalue weighted by Crippen LogP contribution is -2.43. The van der Waals surface area contributed by atoms with Gasteiger partial charge in [0.15, 0.2) is 0 Å². The fourth-order valence-electron chi connectivity index (χ4n) is 2.66. The van der Waals surface area contributed by atoms with Gasteiger partial charge < -0.3 is 9.80 Å². The molecule has 1 aliphatic heterocycles. The molecule has 0 bridgehead atoms. The van der Waals surface area contributed by atoms with E-state index in [0.717, 1.165) is 32.7 Å². The Kier molecular flexibility index (Phi) is 7.28. The van der Waals surface area contributed by atoms with Gasteiger partial charge in [-0.2, -0.15) is 0 Å². The summed E-state index contributed by atoms with van der Waals surface area (Å²) < 4.78 is 23.5. The maximum atomic E-state index is 11.7. The Labute approximate surface area is 118 Å². The molecule has 0 spiro atoms. The zero-order valence-corrected chi connectivity index (χ0v) is 13.2. The van der Waals surface area contributed by atoms with Crippen LogP contribution in [0.1, 0.15) is 39.5 Å². The molecule has 0 amide bonds. The van der Waals surface area contributed by atoms with Crippen molar-refractivity contribution in [3.63, 3.8) is 0 Å². The number of primary sulfonamides is 1. The third kappa shape index (κ3) is 6.21. The predicted molar refractivity (Wildman–Crippen MR) is 79.6 cm³/mol. The molecule has 0 aromatic carbocycles. The molecule has 1 aliphatic rings. The summed E-state index contributed by atoms with van der Waals surface area (Å²) in [4.78, 5) is 4.50. The Balaban J connectivity index is 2.52. The summed E-state index contributed by atoms with van der Waals surface area (Å²) in [5, 5.41) is 4.97. The van der Waals surface area contributed by atoms with Crippen LogP contribution >= 0.6 is 0 Å². The molecule has 0 saturated carbocycles. The molecule has 0 aromatic rings. The summed E-state index contributed by atoms with van der Waals surface area (Å²) >= 11 is 0. The van der Waals surface area contributed by atoms with Gasteiger partial charge in [-0.05, 0) is 52.0 Å². The lowest BCUT2D eigenvalue weighted by molar-refractivity contribution is 0.218. The Bertz CT molecular complexity index is 336. The standard InChI is InChI=1S/C13H29N3O2S/c1-3-15(4-2)11-8-13(19(14,17)18)12-16-9-6-5-7-10-16/h13H,3-12H2,1-2H3,(H2,14,17,18). The summed E-state index contributed by atoms with van der Waals surface area (Å²) in [5.74, 6) is 0. The minimum atomic E-state index is -3.44. The van der Waals surface area contributed by atoms with E-state index in [-0.39, 0.29) is 0 Å². The van der Waals surface area contributed by atoms with E-state index in [1.165, 1.54) is 19.3 Å². The second kappa shape index (κ2) is 8.19. The summed E-state index contributed by atoms with van der Waals surface area (Å²) in [5.41, 5.74) is 0. The first-order valence-electron chi connectivity index (χ1n) is 7.43. The molecule has 19 heavy (non-hydrogen) atoms. The van der Waals surface area contributed by atoms with Gasteiger partial charge in [-0.3, -0.25) is 0 Å². The molecule has 1 fully saturated rings. The fourth-order valence-corrected chi connectivity index (χ4v) is 3.51. The molecule has 0 aromatic heterocycles. The topological polar surface area (TPSA) is 66.6 Å². The Morgan fingerprint density at radius 1 is 1.16 bits per heavy atom. The molecule has 6 heteroatoms. The molecular formula is C13H29N3O2S. The molecule has 1 atom stereocenters. The van der Waals surface area contributed by atoms with Crippen LogP contribution in [0, 0.1) is 0 Å². The quantitative estimate of drug-likeness (QED) is 0.720. The summed E-state index contributed by atoms with van der Waals surface area (Å²) in [6.45, 7) is 9.53. The Hall–Kier alpha value is -0.170. The van der Waals surface area contributed by atoms with E-state index in [1.807, 2.05) is 0 Å². The van der Waals surface area contributed by atoms with Crippen LogP contribution in [0.2, 0.25) is 0 Å². The van der Waals surface area contributed by atoms with Crippen molar-refractivity contribution in [1.29, 1.82) is 0 Å². The molecule has 1 heterocycles. The van der Waals surface area contributed by atoms with E-state index < -0.39 is 15.3 Å².